The maximum atomic E-state index is 11.1. The average Bonchev–Trinajstić information content (AvgIpc) is 2.86. The molecule has 1 aliphatic rings. The minimum absolute atomic E-state index is 0.0251. The van der Waals surface area contributed by atoms with Crippen LogP contribution in [-0.2, 0) is 20.8 Å². The zero-order chi connectivity index (χ0) is 13.2. The van der Waals surface area contributed by atoms with E-state index < -0.39 is 5.79 Å². The normalized spacial score (nSPS) is 21.8. The van der Waals surface area contributed by atoms with Gasteiger partial charge in [-0.3, -0.25) is 9.48 Å². The molecule has 0 aliphatic carbocycles. The van der Waals surface area contributed by atoms with Crippen molar-refractivity contribution in [3.63, 3.8) is 0 Å². The number of ether oxygens (including phenoxy) is 2. The van der Waals surface area contributed by atoms with Crippen LogP contribution in [0.3, 0.4) is 0 Å². The first-order valence-electron chi connectivity index (χ1n) is 5.77. The first kappa shape index (κ1) is 12.8. The molecule has 0 bridgehead atoms. The van der Waals surface area contributed by atoms with Gasteiger partial charge in [-0.25, -0.2) is 0 Å². The summed E-state index contributed by atoms with van der Waals surface area (Å²) in [6, 6.07) is 1.72. The lowest BCUT2D eigenvalue weighted by Gasteiger charge is -2.16. The molecule has 18 heavy (non-hydrogen) atoms. The molecule has 0 aromatic carbocycles. The molecule has 6 nitrogen and oxygen atoms in total. The first-order valence-corrected chi connectivity index (χ1v) is 5.77. The van der Waals surface area contributed by atoms with Gasteiger partial charge >= 0.3 is 0 Å². The Bertz CT molecular complexity index is 453. The minimum Gasteiger partial charge on any atom is -0.348 e. The van der Waals surface area contributed by atoms with Gasteiger partial charge in [0.15, 0.2) is 11.6 Å². The molecular formula is C12H17N3O3. The third kappa shape index (κ3) is 3.18. The van der Waals surface area contributed by atoms with Gasteiger partial charge in [-0.2, -0.15) is 5.10 Å². The third-order valence-electron chi connectivity index (χ3n) is 2.54. The van der Waals surface area contributed by atoms with E-state index in [1.165, 1.54) is 6.08 Å². The number of amides is 1. The molecule has 98 valence electrons. The highest BCUT2D eigenvalue weighted by Gasteiger charge is 2.32. The van der Waals surface area contributed by atoms with Crippen LogP contribution >= 0.6 is 0 Å². The predicted octanol–water partition coefficient (Wildman–Crippen LogP) is 1.16. The van der Waals surface area contributed by atoms with Gasteiger partial charge < -0.3 is 14.8 Å². The maximum absolute atomic E-state index is 11.1. The maximum Gasteiger partial charge on any atom is 0.248 e. The van der Waals surface area contributed by atoms with Crippen molar-refractivity contribution in [1.82, 2.24) is 9.78 Å². The smallest absolute Gasteiger partial charge is 0.248 e. The van der Waals surface area contributed by atoms with Crippen LogP contribution in [0.5, 0.6) is 0 Å². The second-order valence-electron chi connectivity index (χ2n) is 4.57. The van der Waals surface area contributed by atoms with Crippen LogP contribution in [0.25, 0.3) is 0 Å². The van der Waals surface area contributed by atoms with Crippen molar-refractivity contribution < 1.29 is 14.3 Å². The predicted molar refractivity (Wildman–Crippen MR) is 66.0 cm³/mol. The van der Waals surface area contributed by atoms with Crippen molar-refractivity contribution in [2.75, 3.05) is 11.9 Å². The number of rotatable bonds is 4. The lowest BCUT2D eigenvalue weighted by Crippen LogP contribution is -2.24. The number of carbonyl (C=O) groups excluding carboxylic acids is 1. The van der Waals surface area contributed by atoms with E-state index in [0.717, 1.165) is 0 Å². The zero-order valence-corrected chi connectivity index (χ0v) is 10.5. The molecular weight excluding hydrogens is 234 g/mol. The van der Waals surface area contributed by atoms with Crippen LogP contribution in [0.2, 0.25) is 0 Å². The highest BCUT2D eigenvalue weighted by Crippen LogP contribution is 2.23. The molecule has 1 atom stereocenters. The Balaban J connectivity index is 1.91. The van der Waals surface area contributed by atoms with Crippen LogP contribution in [0.15, 0.2) is 24.9 Å². The Hall–Kier alpha value is -1.66. The molecule has 1 aromatic rings. The van der Waals surface area contributed by atoms with Gasteiger partial charge in [0.25, 0.3) is 0 Å². The molecule has 6 heteroatoms. The van der Waals surface area contributed by atoms with E-state index in [1.807, 2.05) is 13.8 Å². The Morgan fingerprint density at radius 2 is 2.56 bits per heavy atom. The van der Waals surface area contributed by atoms with Gasteiger partial charge in [0.05, 0.1) is 13.2 Å². The second-order valence-corrected chi connectivity index (χ2v) is 4.57. The minimum atomic E-state index is -0.530. The standard InChI is InChI=1S/C12H17N3O3/c1-4-11(16)13-10-5-6-15(14-10)7-9-8-17-12(2,3)18-9/h4-6,9H,1,7-8H2,2-3H3,(H,13,14,16)/t9-/m0/s1. The van der Waals surface area contributed by atoms with Gasteiger partial charge in [0, 0.05) is 12.3 Å². The van der Waals surface area contributed by atoms with Crippen LogP contribution in [-0.4, -0.2) is 34.2 Å². The summed E-state index contributed by atoms with van der Waals surface area (Å²) in [5.74, 6) is -0.308. The van der Waals surface area contributed by atoms with Gasteiger partial charge in [0.2, 0.25) is 5.91 Å². The molecule has 1 amide bonds. The molecule has 1 fully saturated rings. The fraction of sp³-hybridized carbons (Fsp3) is 0.500. The molecule has 0 spiro atoms. The van der Waals surface area contributed by atoms with E-state index in [0.29, 0.717) is 19.0 Å². The Labute approximate surface area is 106 Å². The summed E-state index contributed by atoms with van der Waals surface area (Å²) in [7, 11) is 0. The summed E-state index contributed by atoms with van der Waals surface area (Å²) in [6.07, 6.45) is 2.96. The number of nitrogens with zero attached hydrogens (tertiary/aromatic N) is 2. The van der Waals surface area contributed by atoms with Crippen LogP contribution in [0.4, 0.5) is 5.82 Å². The van der Waals surface area contributed by atoms with E-state index >= 15 is 0 Å². The highest BCUT2D eigenvalue weighted by molar-refractivity contribution is 5.98. The summed E-state index contributed by atoms with van der Waals surface area (Å²) in [5.41, 5.74) is 0. The number of anilines is 1. The van der Waals surface area contributed by atoms with E-state index in [4.69, 9.17) is 9.47 Å². The topological polar surface area (TPSA) is 65.4 Å². The molecule has 0 saturated carbocycles. The van der Waals surface area contributed by atoms with E-state index in [1.54, 1.807) is 16.9 Å². The largest absolute Gasteiger partial charge is 0.348 e. The van der Waals surface area contributed by atoms with Crippen LogP contribution in [0, 0.1) is 0 Å². The van der Waals surface area contributed by atoms with E-state index in [2.05, 4.69) is 17.0 Å². The van der Waals surface area contributed by atoms with Crippen molar-refractivity contribution in [3.8, 4) is 0 Å². The number of carbonyl (C=O) groups is 1. The highest BCUT2D eigenvalue weighted by atomic mass is 16.7. The van der Waals surface area contributed by atoms with Gasteiger partial charge in [-0.15, -0.1) is 0 Å². The Kier molecular flexibility index (Phi) is 3.49. The number of hydrogen-bond acceptors (Lipinski definition) is 4. The van der Waals surface area contributed by atoms with Gasteiger partial charge in [0.1, 0.15) is 6.10 Å². The molecule has 2 heterocycles. The fourth-order valence-corrected chi connectivity index (χ4v) is 1.77. The lowest BCUT2D eigenvalue weighted by atomic mass is 10.4. The van der Waals surface area contributed by atoms with Gasteiger partial charge in [-0.1, -0.05) is 6.58 Å². The Morgan fingerprint density at radius 1 is 1.78 bits per heavy atom. The first-order chi connectivity index (χ1) is 8.48. The number of nitrogens with one attached hydrogen (secondary N) is 1. The quantitative estimate of drug-likeness (QED) is 0.815. The second kappa shape index (κ2) is 4.91. The molecule has 0 radical (unpaired) electrons. The summed E-state index contributed by atoms with van der Waals surface area (Å²) in [6.45, 7) is 8.27. The van der Waals surface area contributed by atoms with Gasteiger partial charge in [-0.05, 0) is 19.9 Å². The zero-order valence-electron chi connectivity index (χ0n) is 10.5. The monoisotopic (exact) mass is 251 g/mol. The van der Waals surface area contributed by atoms with E-state index in [9.17, 15) is 4.79 Å². The number of hydrogen-bond donors (Lipinski definition) is 1. The van der Waals surface area contributed by atoms with E-state index in [-0.39, 0.29) is 12.0 Å². The van der Waals surface area contributed by atoms with Crippen molar-refractivity contribution in [2.24, 2.45) is 0 Å². The molecule has 0 unspecified atom stereocenters. The molecule has 1 saturated heterocycles. The molecule has 1 aromatic heterocycles. The summed E-state index contributed by atoms with van der Waals surface area (Å²) < 4.78 is 12.9. The van der Waals surface area contributed by atoms with Crippen molar-refractivity contribution >= 4 is 11.7 Å². The lowest BCUT2D eigenvalue weighted by molar-refractivity contribution is -0.139. The summed E-state index contributed by atoms with van der Waals surface area (Å²) >= 11 is 0. The van der Waals surface area contributed by atoms with Crippen LogP contribution < -0.4 is 5.32 Å². The molecule has 2 rings (SSSR count). The number of aromatic nitrogens is 2. The summed E-state index contributed by atoms with van der Waals surface area (Å²) in [4.78, 5) is 11.1. The molecule has 1 aliphatic heterocycles. The average molecular weight is 251 g/mol. The SMILES string of the molecule is C=CC(=O)Nc1ccn(C[C@H]2COC(C)(C)O2)n1. The van der Waals surface area contributed by atoms with Crippen molar-refractivity contribution in [1.29, 1.82) is 0 Å². The Morgan fingerprint density at radius 3 is 3.17 bits per heavy atom. The van der Waals surface area contributed by atoms with Crippen molar-refractivity contribution in [2.45, 2.75) is 32.3 Å². The van der Waals surface area contributed by atoms with Crippen molar-refractivity contribution in [3.05, 3.63) is 24.9 Å². The molecule has 1 N–H and O–H groups in total. The fourth-order valence-electron chi connectivity index (χ4n) is 1.77. The third-order valence-corrected chi connectivity index (χ3v) is 2.54. The van der Waals surface area contributed by atoms with Crippen LogP contribution in [0.1, 0.15) is 13.8 Å². The summed E-state index contributed by atoms with van der Waals surface area (Å²) in [5, 5.41) is 6.80.